The molecule has 10 aromatic carbocycles. The Morgan fingerprint density at radius 1 is 0.258 bits per heavy atom. The van der Waals surface area contributed by atoms with Gasteiger partial charge in [0.05, 0.1) is 5.69 Å². The van der Waals surface area contributed by atoms with Crippen LogP contribution in [0.2, 0.25) is 0 Å². The van der Waals surface area contributed by atoms with Crippen molar-refractivity contribution in [3.05, 3.63) is 249 Å². The van der Waals surface area contributed by atoms with Crippen LogP contribution in [0.3, 0.4) is 0 Å². The zero-order valence-electron chi connectivity index (χ0n) is 34.0. The van der Waals surface area contributed by atoms with Gasteiger partial charge in [0.1, 0.15) is 0 Å². The van der Waals surface area contributed by atoms with E-state index in [4.69, 9.17) is 0 Å². The molecule has 0 unspecified atom stereocenters. The van der Waals surface area contributed by atoms with Gasteiger partial charge in [-0.3, -0.25) is 0 Å². The van der Waals surface area contributed by atoms with Gasteiger partial charge < -0.3 is 4.90 Å². The maximum Gasteiger partial charge on any atom is 0.0552 e. The third-order valence-electron chi connectivity index (χ3n) is 11.9. The highest BCUT2D eigenvalue weighted by Gasteiger charge is 2.24. The van der Waals surface area contributed by atoms with Crippen molar-refractivity contribution < 1.29 is 0 Å². The van der Waals surface area contributed by atoms with Crippen LogP contribution in [0.25, 0.3) is 86.9 Å². The second-order valence-electron chi connectivity index (χ2n) is 15.6. The Kier molecular flexibility index (Phi) is 9.82. The van der Waals surface area contributed by atoms with Gasteiger partial charge in [-0.05, 0) is 104 Å². The Morgan fingerprint density at radius 2 is 0.710 bits per heavy atom. The largest absolute Gasteiger partial charge is 0.310 e. The molecule has 0 aliphatic rings. The zero-order chi connectivity index (χ0) is 41.2. The van der Waals surface area contributed by atoms with E-state index in [1.54, 1.807) is 0 Å². The summed E-state index contributed by atoms with van der Waals surface area (Å²) in [6.45, 7) is 0. The highest BCUT2D eigenvalue weighted by atomic mass is 32.1. The number of fused-ring (bicyclic) bond motifs is 3. The van der Waals surface area contributed by atoms with Gasteiger partial charge in [0, 0.05) is 37.1 Å². The first-order chi connectivity index (χ1) is 30.8. The first kappa shape index (κ1) is 37.2. The molecule has 2 heteroatoms. The Hall–Kier alpha value is -7.78. The number of hydrogen-bond donors (Lipinski definition) is 0. The summed E-state index contributed by atoms with van der Waals surface area (Å²) in [5.41, 5.74) is 17.6. The van der Waals surface area contributed by atoms with Crippen molar-refractivity contribution in [3.63, 3.8) is 0 Å². The van der Waals surface area contributed by atoms with Crippen LogP contribution < -0.4 is 4.90 Å². The van der Waals surface area contributed by atoms with Gasteiger partial charge in [-0.25, -0.2) is 0 Å². The standard InChI is InChI=1S/C60H41NS/c1-5-19-42(20-6-1)47-39-56(44-23-9-3-10-24-44)60(46-25-11-4-12-26-46)57(40-47)61(49-37-38-55-54-31-17-18-32-58(54)62-59(55)41-49)48-35-33-45(34-36-48)51-28-14-16-30-53(51)52-29-15-13-27-50(52)43-21-7-2-8-22-43/h1-41H. The van der Waals surface area contributed by atoms with Crippen molar-refractivity contribution >= 4 is 48.6 Å². The minimum atomic E-state index is 1.08. The highest BCUT2D eigenvalue weighted by Crippen LogP contribution is 2.49. The van der Waals surface area contributed by atoms with Gasteiger partial charge >= 0.3 is 0 Å². The van der Waals surface area contributed by atoms with E-state index in [1.165, 1.54) is 75.8 Å². The lowest BCUT2D eigenvalue weighted by Crippen LogP contribution is -2.12. The van der Waals surface area contributed by atoms with Crippen molar-refractivity contribution in [2.75, 3.05) is 4.90 Å². The van der Waals surface area contributed by atoms with E-state index in [2.05, 4.69) is 254 Å². The zero-order valence-corrected chi connectivity index (χ0v) is 34.8. The van der Waals surface area contributed by atoms with Gasteiger partial charge in [-0.15, -0.1) is 11.3 Å². The van der Waals surface area contributed by atoms with Crippen LogP contribution in [-0.4, -0.2) is 0 Å². The second kappa shape index (κ2) is 16.3. The molecule has 1 aromatic heterocycles. The van der Waals surface area contributed by atoms with Gasteiger partial charge in [-0.1, -0.05) is 206 Å². The summed E-state index contributed by atoms with van der Waals surface area (Å²) in [5, 5.41) is 2.58. The van der Waals surface area contributed by atoms with Crippen LogP contribution in [0.5, 0.6) is 0 Å². The molecule has 0 atom stereocenters. The molecule has 0 saturated carbocycles. The summed E-state index contributed by atoms with van der Waals surface area (Å²) >= 11 is 1.86. The van der Waals surface area contributed by atoms with Crippen LogP contribution in [-0.2, 0) is 0 Å². The Balaban J connectivity index is 1.14. The summed E-state index contributed by atoms with van der Waals surface area (Å²) in [6.07, 6.45) is 0. The molecule has 0 bridgehead atoms. The third-order valence-corrected chi connectivity index (χ3v) is 13.0. The van der Waals surface area contributed by atoms with E-state index in [9.17, 15) is 0 Å². The van der Waals surface area contributed by atoms with Gasteiger partial charge in [-0.2, -0.15) is 0 Å². The second-order valence-corrected chi connectivity index (χ2v) is 16.7. The van der Waals surface area contributed by atoms with Crippen LogP contribution in [0, 0.1) is 0 Å². The normalized spacial score (nSPS) is 11.2. The molecular weight excluding hydrogens is 767 g/mol. The van der Waals surface area contributed by atoms with Crippen LogP contribution in [0.15, 0.2) is 249 Å². The molecular formula is C60H41NS. The van der Waals surface area contributed by atoms with E-state index in [0.29, 0.717) is 0 Å². The van der Waals surface area contributed by atoms with E-state index in [1.807, 2.05) is 11.3 Å². The quantitative estimate of drug-likeness (QED) is 0.140. The predicted octanol–water partition coefficient (Wildman–Crippen LogP) is 17.5. The van der Waals surface area contributed by atoms with E-state index >= 15 is 0 Å². The molecule has 0 aliphatic carbocycles. The molecule has 0 fully saturated rings. The maximum absolute atomic E-state index is 2.48. The maximum atomic E-state index is 2.48. The lowest BCUT2D eigenvalue weighted by molar-refractivity contribution is 1.29. The van der Waals surface area contributed by atoms with Gasteiger partial charge in [0.2, 0.25) is 0 Å². The van der Waals surface area contributed by atoms with E-state index in [0.717, 1.165) is 28.2 Å². The number of hydrogen-bond acceptors (Lipinski definition) is 2. The summed E-state index contributed by atoms with van der Waals surface area (Å²) in [7, 11) is 0. The van der Waals surface area contributed by atoms with Crippen molar-refractivity contribution in [2.45, 2.75) is 0 Å². The average Bonchev–Trinajstić information content (AvgIpc) is 3.73. The third kappa shape index (κ3) is 6.97. The number of thiophene rings is 1. The molecule has 292 valence electrons. The van der Waals surface area contributed by atoms with Crippen molar-refractivity contribution in [1.29, 1.82) is 0 Å². The molecule has 0 radical (unpaired) electrons. The molecule has 0 aliphatic heterocycles. The lowest BCUT2D eigenvalue weighted by atomic mass is 9.88. The number of anilines is 3. The molecule has 11 rings (SSSR count). The van der Waals surface area contributed by atoms with Gasteiger partial charge in [0.15, 0.2) is 0 Å². The Morgan fingerprint density at radius 3 is 1.32 bits per heavy atom. The summed E-state index contributed by atoms with van der Waals surface area (Å²) in [4.78, 5) is 2.48. The summed E-state index contributed by atoms with van der Waals surface area (Å²) in [5.74, 6) is 0. The topological polar surface area (TPSA) is 3.24 Å². The molecule has 0 saturated heterocycles. The number of rotatable bonds is 9. The number of benzene rings is 10. The Labute approximate surface area is 367 Å². The fourth-order valence-corrected chi connectivity index (χ4v) is 10.1. The minimum absolute atomic E-state index is 1.08. The summed E-state index contributed by atoms with van der Waals surface area (Å²) < 4.78 is 2.56. The molecule has 11 aromatic rings. The van der Waals surface area contributed by atoms with Crippen molar-refractivity contribution in [2.24, 2.45) is 0 Å². The molecule has 1 nitrogen and oxygen atoms in total. The fraction of sp³-hybridized carbons (Fsp3) is 0. The molecule has 0 N–H and O–H groups in total. The monoisotopic (exact) mass is 807 g/mol. The van der Waals surface area contributed by atoms with Crippen molar-refractivity contribution in [1.82, 2.24) is 0 Å². The molecule has 1 heterocycles. The Bertz CT molecular complexity index is 3320. The van der Waals surface area contributed by atoms with Gasteiger partial charge in [0.25, 0.3) is 0 Å². The van der Waals surface area contributed by atoms with Crippen LogP contribution in [0.1, 0.15) is 0 Å². The van der Waals surface area contributed by atoms with Crippen molar-refractivity contribution in [3.8, 4) is 66.8 Å². The SMILES string of the molecule is c1ccc(-c2cc(-c3ccccc3)c(-c3ccccc3)c(N(c3ccc(-c4ccccc4-c4ccccc4-c4ccccc4)cc3)c3ccc4c(c3)sc3ccccc34)c2)cc1. The first-order valence-corrected chi connectivity index (χ1v) is 22.0. The fourth-order valence-electron chi connectivity index (χ4n) is 8.98. The summed E-state index contributed by atoms with van der Waals surface area (Å²) in [6, 6.07) is 90.5. The number of nitrogens with zero attached hydrogens (tertiary/aromatic N) is 1. The first-order valence-electron chi connectivity index (χ1n) is 21.2. The smallest absolute Gasteiger partial charge is 0.0552 e. The van der Waals surface area contributed by atoms with E-state index < -0.39 is 0 Å². The molecule has 0 amide bonds. The molecule has 62 heavy (non-hydrogen) atoms. The van der Waals surface area contributed by atoms with E-state index in [-0.39, 0.29) is 0 Å². The average molecular weight is 808 g/mol. The predicted molar refractivity (Wildman–Crippen MR) is 267 cm³/mol. The lowest BCUT2D eigenvalue weighted by Gasteiger charge is -2.30. The highest BCUT2D eigenvalue weighted by molar-refractivity contribution is 7.25. The molecule has 0 spiro atoms. The minimum Gasteiger partial charge on any atom is -0.310 e. The van der Waals surface area contributed by atoms with Crippen LogP contribution in [0.4, 0.5) is 17.1 Å². The van der Waals surface area contributed by atoms with Crippen LogP contribution >= 0.6 is 11.3 Å².